The van der Waals surface area contributed by atoms with E-state index in [0.29, 0.717) is 25.7 Å². The van der Waals surface area contributed by atoms with Crippen molar-refractivity contribution in [2.45, 2.75) is 20.4 Å². The lowest BCUT2D eigenvalue weighted by atomic mass is 10.2. The molecule has 134 valence electrons. The Morgan fingerprint density at radius 2 is 1.76 bits per heavy atom. The van der Waals surface area contributed by atoms with Gasteiger partial charge in [-0.05, 0) is 19.4 Å². The molecule has 1 fully saturated rings. The second-order valence-electron chi connectivity index (χ2n) is 5.87. The molecule has 0 saturated carbocycles. The highest BCUT2D eigenvalue weighted by molar-refractivity contribution is 5.45. The molecule has 0 amide bonds. The van der Waals surface area contributed by atoms with Crippen molar-refractivity contribution in [2.75, 3.05) is 54.5 Å². The Hall–Kier alpha value is -2.41. The molecule has 1 aromatic heterocycles. The van der Waals surface area contributed by atoms with Crippen LogP contribution in [0.3, 0.4) is 0 Å². The van der Waals surface area contributed by atoms with E-state index in [9.17, 15) is 0 Å². The summed E-state index contributed by atoms with van der Waals surface area (Å²) in [5.41, 5.74) is 1.19. The summed E-state index contributed by atoms with van der Waals surface area (Å²) < 4.78 is 5.44. The summed E-state index contributed by atoms with van der Waals surface area (Å²) in [4.78, 5) is 18.2. The van der Waals surface area contributed by atoms with Crippen LogP contribution in [-0.4, -0.2) is 54.3 Å². The number of hydrogen-bond acceptors (Lipinski definition) is 7. The highest BCUT2D eigenvalue weighted by atomic mass is 16.5. The number of hydrogen-bond donors (Lipinski definition) is 1. The molecule has 2 aromatic rings. The maximum absolute atomic E-state index is 5.44. The second-order valence-corrected chi connectivity index (χ2v) is 5.87. The quantitative estimate of drug-likeness (QED) is 0.827. The minimum absolute atomic E-state index is 0.613. The summed E-state index contributed by atoms with van der Waals surface area (Å²) in [5.74, 6) is 2.05. The summed E-state index contributed by atoms with van der Waals surface area (Å²) in [6, 6.07) is 10.3. The van der Waals surface area contributed by atoms with Gasteiger partial charge in [-0.2, -0.15) is 15.0 Å². The van der Waals surface area contributed by atoms with Crippen LogP contribution in [0, 0.1) is 0 Å². The maximum Gasteiger partial charge on any atom is 0.232 e. The van der Waals surface area contributed by atoms with Crippen LogP contribution in [0.15, 0.2) is 30.3 Å². The molecule has 7 heteroatoms. The zero-order valence-corrected chi connectivity index (χ0v) is 15.0. The number of rotatable bonds is 7. The van der Waals surface area contributed by atoms with E-state index in [1.165, 1.54) is 5.56 Å². The predicted octanol–water partition coefficient (Wildman–Crippen LogP) is 2.17. The van der Waals surface area contributed by atoms with Crippen molar-refractivity contribution < 1.29 is 4.74 Å². The van der Waals surface area contributed by atoms with Crippen LogP contribution in [0.4, 0.5) is 17.8 Å². The highest BCUT2D eigenvalue weighted by Gasteiger charge is 2.18. The Bertz CT molecular complexity index is 656. The van der Waals surface area contributed by atoms with Crippen LogP contribution < -0.4 is 15.1 Å². The average molecular weight is 342 g/mol. The Morgan fingerprint density at radius 3 is 2.44 bits per heavy atom. The summed E-state index contributed by atoms with van der Waals surface area (Å²) >= 11 is 0. The van der Waals surface area contributed by atoms with Crippen molar-refractivity contribution in [1.29, 1.82) is 0 Å². The third kappa shape index (κ3) is 4.57. The molecule has 0 aliphatic carbocycles. The van der Waals surface area contributed by atoms with Gasteiger partial charge in [-0.3, -0.25) is 0 Å². The largest absolute Gasteiger partial charge is 0.378 e. The Balaban J connectivity index is 1.83. The van der Waals surface area contributed by atoms with E-state index in [0.717, 1.165) is 38.1 Å². The Morgan fingerprint density at radius 1 is 1.04 bits per heavy atom. The van der Waals surface area contributed by atoms with E-state index in [4.69, 9.17) is 4.74 Å². The molecule has 25 heavy (non-hydrogen) atoms. The van der Waals surface area contributed by atoms with Crippen molar-refractivity contribution in [3.05, 3.63) is 35.9 Å². The maximum atomic E-state index is 5.44. The van der Waals surface area contributed by atoms with Crippen molar-refractivity contribution in [2.24, 2.45) is 0 Å². The van der Waals surface area contributed by atoms with Gasteiger partial charge in [0, 0.05) is 32.7 Å². The van der Waals surface area contributed by atoms with Crippen LogP contribution in [0.2, 0.25) is 0 Å². The van der Waals surface area contributed by atoms with E-state index in [1.807, 2.05) is 18.2 Å². The lowest BCUT2D eigenvalue weighted by molar-refractivity contribution is 0.122. The molecule has 0 unspecified atom stereocenters. The number of ether oxygens (including phenoxy) is 1. The minimum Gasteiger partial charge on any atom is -0.378 e. The van der Waals surface area contributed by atoms with E-state index < -0.39 is 0 Å². The van der Waals surface area contributed by atoms with Gasteiger partial charge in [0.15, 0.2) is 0 Å². The van der Waals surface area contributed by atoms with Crippen LogP contribution in [-0.2, 0) is 11.3 Å². The average Bonchev–Trinajstić information content (AvgIpc) is 2.69. The SMILES string of the molecule is CCN(CC)c1nc(NCc2ccccc2)nc(N2CCOCC2)n1. The first-order valence-electron chi connectivity index (χ1n) is 8.91. The van der Waals surface area contributed by atoms with Gasteiger partial charge in [-0.1, -0.05) is 30.3 Å². The molecule has 1 N–H and O–H groups in total. The van der Waals surface area contributed by atoms with Crippen molar-refractivity contribution >= 4 is 17.8 Å². The van der Waals surface area contributed by atoms with Crippen molar-refractivity contribution in [3.63, 3.8) is 0 Å². The molecule has 7 nitrogen and oxygen atoms in total. The molecule has 1 aliphatic heterocycles. The van der Waals surface area contributed by atoms with Gasteiger partial charge in [0.2, 0.25) is 17.8 Å². The molecule has 3 rings (SSSR count). The number of anilines is 3. The molecule has 1 saturated heterocycles. The Labute approximate surface area is 149 Å². The molecule has 0 atom stereocenters. The second kappa shape index (κ2) is 8.62. The number of aromatic nitrogens is 3. The minimum atomic E-state index is 0.613. The van der Waals surface area contributed by atoms with Crippen molar-refractivity contribution in [3.8, 4) is 0 Å². The number of nitrogens with zero attached hydrogens (tertiary/aromatic N) is 5. The fourth-order valence-corrected chi connectivity index (χ4v) is 2.76. The van der Waals surface area contributed by atoms with Gasteiger partial charge < -0.3 is 19.9 Å². The number of nitrogens with one attached hydrogen (secondary N) is 1. The molecule has 2 heterocycles. The van der Waals surface area contributed by atoms with E-state index in [-0.39, 0.29) is 0 Å². The molecular weight excluding hydrogens is 316 g/mol. The van der Waals surface area contributed by atoms with Gasteiger partial charge >= 0.3 is 0 Å². The van der Waals surface area contributed by atoms with Gasteiger partial charge in [0.05, 0.1) is 13.2 Å². The first-order chi connectivity index (χ1) is 12.3. The monoisotopic (exact) mass is 342 g/mol. The first-order valence-corrected chi connectivity index (χ1v) is 8.91. The topological polar surface area (TPSA) is 66.4 Å². The summed E-state index contributed by atoms with van der Waals surface area (Å²) in [5, 5.41) is 3.34. The zero-order chi connectivity index (χ0) is 17.5. The van der Waals surface area contributed by atoms with Crippen LogP contribution in [0.5, 0.6) is 0 Å². The fraction of sp³-hybridized carbons (Fsp3) is 0.500. The summed E-state index contributed by atoms with van der Waals surface area (Å²) in [6.07, 6.45) is 0. The summed E-state index contributed by atoms with van der Waals surface area (Å²) in [6.45, 7) is 9.66. The van der Waals surface area contributed by atoms with Gasteiger partial charge in [0.1, 0.15) is 0 Å². The summed E-state index contributed by atoms with van der Waals surface area (Å²) in [7, 11) is 0. The predicted molar refractivity (Wildman–Crippen MR) is 100 cm³/mol. The van der Waals surface area contributed by atoms with Crippen LogP contribution in [0.25, 0.3) is 0 Å². The number of benzene rings is 1. The molecular formula is C18H26N6O. The van der Waals surface area contributed by atoms with E-state index in [2.05, 4.69) is 56.0 Å². The first kappa shape index (κ1) is 17.4. The smallest absolute Gasteiger partial charge is 0.232 e. The highest BCUT2D eigenvalue weighted by Crippen LogP contribution is 2.18. The van der Waals surface area contributed by atoms with Crippen LogP contribution in [0.1, 0.15) is 19.4 Å². The van der Waals surface area contributed by atoms with Crippen LogP contribution >= 0.6 is 0 Å². The molecule has 0 radical (unpaired) electrons. The van der Waals surface area contributed by atoms with Gasteiger partial charge in [0.25, 0.3) is 0 Å². The van der Waals surface area contributed by atoms with Gasteiger partial charge in [-0.25, -0.2) is 0 Å². The molecule has 1 aliphatic rings. The molecule has 0 spiro atoms. The zero-order valence-electron chi connectivity index (χ0n) is 15.0. The lowest BCUT2D eigenvalue weighted by Gasteiger charge is -2.28. The molecule has 1 aromatic carbocycles. The standard InChI is InChI=1S/C18H26N6O/c1-3-23(4-2)17-20-16(19-14-15-8-6-5-7-9-15)21-18(22-17)24-10-12-25-13-11-24/h5-9H,3-4,10-14H2,1-2H3,(H,19,20,21,22). The fourth-order valence-electron chi connectivity index (χ4n) is 2.76. The normalized spacial score (nSPS) is 14.4. The Kier molecular flexibility index (Phi) is 6.00. The van der Waals surface area contributed by atoms with E-state index >= 15 is 0 Å². The third-order valence-electron chi connectivity index (χ3n) is 4.25. The van der Waals surface area contributed by atoms with Crippen molar-refractivity contribution in [1.82, 2.24) is 15.0 Å². The molecule has 0 bridgehead atoms. The van der Waals surface area contributed by atoms with E-state index in [1.54, 1.807) is 0 Å². The van der Waals surface area contributed by atoms with Gasteiger partial charge in [-0.15, -0.1) is 0 Å². The lowest BCUT2D eigenvalue weighted by Crippen LogP contribution is -2.38. The number of morpholine rings is 1. The third-order valence-corrected chi connectivity index (χ3v) is 4.25.